The molecule has 1 N–H and O–H groups in total. The molecule has 2 aromatic rings. The Morgan fingerprint density at radius 2 is 1.84 bits per heavy atom. The summed E-state index contributed by atoms with van der Waals surface area (Å²) in [5.74, 6) is 1.70. The van der Waals surface area contributed by atoms with Crippen LogP contribution in [0.3, 0.4) is 0 Å². The molecular formula is C21H25N5O6. The van der Waals surface area contributed by atoms with Gasteiger partial charge in [0.1, 0.15) is 11.5 Å². The van der Waals surface area contributed by atoms with Gasteiger partial charge in [0.2, 0.25) is 12.7 Å². The molecule has 1 fully saturated rings. The van der Waals surface area contributed by atoms with Gasteiger partial charge in [0.25, 0.3) is 5.56 Å². The number of aromatic nitrogens is 3. The highest BCUT2D eigenvalue weighted by Gasteiger charge is 2.25. The van der Waals surface area contributed by atoms with Crippen molar-refractivity contribution < 1.29 is 23.8 Å². The molecule has 1 aromatic carbocycles. The maximum atomic E-state index is 12.5. The summed E-state index contributed by atoms with van der Waals surface area (Å²) in [7, 11) is 0. The number of nitrogens with one attached hydrogen (secondary N) is 1. The van der Waals surface area contributed by atoms with Crippen molar-refractivity contribution in [1.82, 2.24) is 25.0 Å². The number of amides is 2. The zero-order chi connectivity index (χ0) is 22.5. The normalized spacial score (nSPS) is 15.0. The third-order valence-corrected chi connectivity index (χ3v) is 5.35. The van der Waals surface area contributed by atoms with E-state index >= 15 is 0 Å². The molecule has 0 saturated carbocycles. The van der Waals surface area contributed by atoms with Gasteiger partial charge in [-0.05, 0) is 24.6 Å². The molecule has 1 aromatic heterocycles. The van der Waals surface area contributed by atoms with Gasteiger partial charge in [-0.1, -0.05) is 6.07 Å². The fraction of sp³-hybridized carbons (Fsp3) is 0.476. The second kappa shape index (κ2) is 9.67. The van der Waals surface area contributed by atoms with Crippen LogP contribution >= 0.6 is 0 Å². The molecule has 0 unspecified atom stereocenters. The van der Waals surface area contributed by atoms with Crippen LogP contribution in [-0.2, 0) is 22.4 Å². The predicted molar refractivity (Wildman–Crippen MR) is 112 cm³/mol. The van der Waals surface area contributed by atoms with Gasteiger partial charge in [0, 0.05) is 45.4 Å². The van der Waals surface area contributed by atoms with Crippen molar-refractivity contribution in [3.8, 4) is 11.5 Å². The number of aryl methyl sites for hydroxylation is 1. The summed E-state index contributed by atoms with van der Waals surface area (Å²) in [6.45, 7) is 4.01. The SMILES string of the molecule is CCOC(=O)N1CCN(C(=O)CCc2nnc(Cc3ccc4c(c3)OCO4)[nH]c2=O)CC1. The molecule has 0 atom stereocenters. The summed E-state index contributed by atoms with van der Waals surface area (Å²) in [6, 6.07) is 5.54. The third-order valence-electron chi connectivity index (χ3n) is 5.35. The van der Waals surface area contributed by atoms with Gasteiger partial charge in [0.05, 0.1) is 6.61 Å². The molecule has 0 aliphatic carbocycles. The van der Waals surface area contributed by atoms with E-state index < -0.39 is 0 Å². The lowest BCUT2D eigenvalue weighted by Crippen LogP contribution is -2.50. The highest BCUT2D eigenvalue weighted by Crippen LogP contribution is 2.32. The minimum absolute atomic E-state index is 0.0841. The zero-order valence-electron chi connectivity index (χ0n) is 17.8. The van der Waals surface area contributed by atoms with Crippen LogP contribution in [0.2, 0.25) is 0 Å². The lowest BCUT2D eigenvalue weighted by atomic mass is 10.1. The first-order valence-corrected chi connectivity index (χ1v) is 10.6. The molecule has 1 saturated heterocycles. The second-order valence-corrected chi connectivity index (χ2v) is 7.48. The molecule has 11 heteroatoms. The number of H-pyrrole nitrogens is 1. The van der Waals surface area contributed by atoms with E-state index in [0.717, 1.165) is 5.56 Å². The van der Waals surface area contributed by atoms with Crippen molar-refractivity contribution in [2.45, 2.75) is 26.2 Å². The Morgan fingerprint density at radius 1 is 1.09 bits per heavy atom. The molecule has 2 aliphatic rings. The number of ether oxygens (including phenoxy) is 3. The van der Waals surface area contributed by atoms with Crippen molar-refractivity contribution in [2.24, 2.45) is 0 Å². The molecule has 4 rings (SSSR count). The number of fused-ring (bicyclic) bond motifs is 1. The number of piperazine rings is 1. The van der Waals surface area contributed by atoms with Gasteiger partial charge >= 0.3 is 6.09 Å². The van der Waals surface area contributed by atoms with Crippen molar-refractivity contribution in [1.29, 1.82) is 0 Å². The molecule has 32 heavy (non-hydrogen) atoms. The first-order chi connectivity index (χ1) is 15.5. The van der Waals surface area contributed by atoms with Gasteiger partial charge in [-0.3, -0.25) is 9.59 Å². The Morgan fingerprint density at radius 3 is 2.59 bits per heavy atom. The number of nitrogens with zero attached hydrogens (tertiary/aromatic N) is 4. The number of hydrogen-bond acceptors (Lipinski definition) is 8. The van der Waals surface area contributed by atoms with E-state index in [4.69, 9.17) is 14.2 Å². The summed E-state index contributed by atoms with van der Waals surface area (Å²) >= 11 is 0. The summed E-state index contributed by atoms with van der Waals surface area (Å²) in [5.41, 5.74) is 0.776. The van der Waals surface area contributed by atoms with Crippen LogP contribution in [-0.4, -0.2) is 76.6 Å². The van der Waals surface area contributed by atoms with Crippen LogP contribution in [0.25, 0.3) is 0 Å². The van der Waals surface area contributed by atoms with Crippen LogP contribution < -0.4 is 15.0 Å². The fourth-order valence-electron chi connectivity index (χ4n) is 3.62. The number of hydrogen-bond donors (Lipinski definition) is 1. The maximum absolute atomic E-state index is 12.5. The largest absolute Gasteiger partial charge is 0.454 e. The number of rotatable bonds is 6. The van der Waals surface area contributed by atoms with Crippen molar-refractivity contribution in [3.63, 3.8) is 0 Å². The van der Waals surface area contributed by atoms with Crippen LogP contribution in [0, 0.1) is 0 Å². The molecule has 2 amide bonds. The van der Waals surface area contributed by atoms with E-state index in [9.17, 15) is 14.4 Å². The molecule has 0 bridgehead atoms. The first kappa shape index (κ1) is 21.6. The molecule has 2 aliphatic heterocycles. The first-order valence-electron chi connectivity index (χ1n) is 10.6. The summed E-state index contributed by atoms with van der Waals surface area (Å²) in [6.07, 6.45) is 0.382. The van der Waals surface area contributed by atoms with Crippen molar-refractivity contribution in [3.05, 3.63) is 45.6 Å². The standard InChI is InChI=1S/C21H25N5O6/c1-2-30-21(29)26-9-7-25(8-10-26)19(27)6-4-15-20(28)22-18(24-23-15)12-14-3-5-16-17(11-14)32-13-31-16/h3,5,11H,2,4,6-10,12-13H2,1H3,(H,22,24,28). The number of aromatic amines is 1. The molecule has 0 spiro atoms. The van der Waals surface area contributed by atoms with E-state index in [2.05, 4.69) is 15.2 Å². The minimum Gasteiger partial charge on any atom is -0.454 e. The number of carbonyl (C=O) groups is 2. The topological polar surface area (TPSA) is 127 Å². The van der Waals surface area contributed by atoms with Gasteiger partial charge in [0.15, 0.2) is 11.5 Å². The summed E-state index contributed by atoms with van der Waals surface area (Å²) < 4.78 is 15.6. The summed E-state index contributed by atoms with van der Waals surface area (Å²) in [5, 5.41) is 8.13. The van der Waals surface area contributed by atoms with Crippen LogP contribution in [0.5, 0.6) is 11.5 Å². The van der Waals surface area contributed by atoms with E-state index in [-0.39, 0.29) is 42.9 Å². The van der Waals surface area contributed by atoms with Crippen LogP contribution in [0.4, 0.5) is 4.79 Å². The number of carbonyl (C=O) groups excluding carboxylic acids is 2. The van der Waals surface area contributed by atoms with E-state index in [1.165, 1.54) is 0 Å². The Labute approximate surface area is 184 Å². The third kappa shape index (κ3) is 4.98. The van der Waals surface area contributed by atoms with Crippen LogP contribution in [0.1, 0.15) is 30.4 Å². The molecule has 3 heterocycles. The van der Waals surface area contributed by atoms with E-state index in [1.54, 1.807) is 16.7 Å². The molecular weight excluding hydrogens is 418 g/mol. The average Bonchev–Trinajstić information content (AvgIpc) is 3.26. The van der Waals surface area contributed by atoms with Gasteiger partial charge in [-0.15, -0.1) is 10.2 Å². The highest BCUT2D eigenvalue weighted by molar-refractivity contribution is 5.77. The Balaban J connectivity index is 1.28. The molecule has 11 nitrogen and oxygen atoms in total. The minimum atomic E-state index is -0.359. The Bertz CT molecular complexity index is 1050. The zero-order valence-corrected chi connectivity index (χ0v) is 17.8. The monoisotopic (exact) mass is 443 g/mol. The smallest absolute Gasteiger partial charge is 0.409 e. The molecule has 170 valence electrons. The Hall–Kier alpha value is -3.63. The predicted octanol–water partition coefficient (Wildman–Crippen LogP) is 0.718. The van der Waals surface area contributed by atoms with Gasteiger partial charge in [-0.2, -0.15) is 0 Å². The molecule has 0 radical (unpaired) electrons. The van der Waals surface area contributed by atoms with E-state index in [0.29, 0.717) is 56.5 Å². The van der Waals surface area contributed by atoms with Gasteiger partial charge in [-0.25, -0.2) is 4.79 Å². The lowest BCUT2D eigenvalue weighted by Gasteiger charge is -2.34. The fourth-order valence-corrected chi connectivity index (χ4v) is 3.62. The summed E-state index contributed by atoms with van der Waals surface area (Å²) in [4.78, 5) is 42.7. The van der Waals surface area contributed by atoms with Gasteiger partial charge < -0.3 is 29.0 Å². The second-order valence-electron chi connectivity index (χ2n) is 7.48. The lowest BCUT2D eigenvalue weighted by molar-refractivity contribution is -0.132. The van der Waals surface area contributed by atoms with E-state index in [1.807, 2.05) is 18.2 Å². The quantitative estimate of drug-likeness (QED) is 0.692. The highest BCUT2D eigenvalue weighted by atomic mass is 16.7. The Kier molecular flexibility index (Phi) is 6.52. The average molecular weight is 443 g/mol. The maximum Gasteiger partial charge on any atom is 0.409 e. The van der Waals surface area contributed by atoms with Crippen molar-refractivity contribution in [2.75, 3.05) is 39.6 Å². The van der Waals surface area contributed by atoms with Crippen molar-refractivity contribution >= 4 is 12.0 Å². The van der Waals surface area contributed by atoms with Crippen LogP contribution in [0.15, 0.2) is 23.0 Å². The number of benzene rings is 1.